The summed E-state index contributed by atoms with van der Waals surface area (Å²) in [6.45, 7) is -4.45. The zero-order valence-electron chi connectivity index (χ0n) is 16.6. The van der Waals surface area contributed by atoms with Gasteiger partial charge in [0.15, 0.2) is 29.5 Å². The van der Waals surface area contributed by atoms with Crippen LogP contribution in [0, 0.1) is 0 Å². The maximum Gasteiger partial charge on any atom is 0.381 e. The second kappa shape index (κ2) is 8.15. The number of benzene rings is 1. The van der Waals surface area contributed by atoms with Crippen molar-refractivity contribution < 1.29 is 36.6 Å². The molecule has 2 aliphatic heterocycles. The second-order valence-corrected chi connectivity index (χ2v) is 10.4. The molecule has 2 aliphatic rings. The van der Waals surface area contributed by atoms with Gasteiger partial charge in [0.05, 0.1) is 19.5 Å². The molecule has 10 nitrogen and oxygen atoms in total. The van der Waals surface area contributed by atoms with Gasteiger partial charge in [-0.25, -0.2) is 28.1 Å². The molecule has 15 heteroatoms. The highest BCUT2D eigenvalue weighted by molar-refractivity contribution is 8.07. The van der Waals surface area contributed by atoms with E-state index < -0.39 is 43.9 Å². The van der Waals surface area contributed by atoms with Crippen LogP contribution in [0.25, 0.3) is 11.2 Å². The number of halogens is 3. The van der Waals surface area contributed by atoms with Gasteiger partial charge in [0, 0.05) is 17.4 Å². The minimum atomic E-state index is -3.52. The molecule has 0 saturated carbocycles. The highest BCUT2D eigenvalue weighted by atomic mass is 32.5. The first-order chi connectivity index (χ1) is 15.7. The largest absolute Gasteiger partial charge is 0.424 e. The van der Waals surface area contributed by atoms with E-state index in [4.69, 9.17) is 35.8 Å². The number of anilines is 1. The lowest BCUT2D eigenvalue weighted by Crippen LogP contribution is -2.52. The Bertz CT molecular complexity index is 1250. The summed E-state index contributed by atoms with van der Waals surface area (Å²) in [6, 6.07) is 6.87. The predicted molar refractivity (Wildman–Crippen MR) is 112 cm³/mol. The van der Waals surface area contributed by atoms with Crippen molar-refractivity contribution in [2.45, 2.75) is 37.1 Å². The summed E-state index contributed by atoms with van der Waals surface area (Å²) in [5.74, 6) is 0.412. The van der Waals surface area contributed by atoms with Gasteiger partial charge in [-0.05, 0) is 6.07 Å². The average molecular weight is 503 g/mol. The summed E-state index contributed by atoms with van der Waals surface area (Å²) < 4.78 is 66.6. The van der Waals surface area contributed by atoms with Crippen LogP contribution in [0.3, 0.4) is 0 Å². The number of nitrogen functional groups attached to an aromatic ring is 1. The van der Waals surface area contributed by atoms with Crippen molar-refractivity contribution in [3.05, 3.63) is 42.5 Å². The van der Waals surface area contributed by atoms with Crippen molar-refractivity contribution in [3.8, 4) is 5.75 Å². The average Bonchev–Trinajstić information content (AvgIpc) is 3.33. The maximum absolute atomic E-state index is 15.1. The summed E-state index contributed by atoms with van der Waals surface area (Å²) in [6.07, 6.45) is -7.34. The summed E-state index contributed by atoms with van der Waals surface area (Å²) >= 11 is 5.28. The number of para-hydroxylation sites is 1. The van der Waals surface area contributed by atoms with E-state index in [2.05, 4.69) is 15.0 Å². The molecule has 1 aromatic carbocycles. The van der Waals surface area contributed by atoms with Gasteiger partial charge in [-0.15, -0.1) is 0 Å². The lowest BCUT2D eigenvalue weighted by molar-refractivity contribution is -0.192. The van der Waals surface area contributed by atoms with Crippen molar-refractivity contribution in [1.29, 1.82) is 0 Å². The van der Waals surface area contributed by atoms with E-state index in [1.54, 1.807) is 24.3 Å². The predicted octanol–water partition coefficient (Wildman–Crippen LogP) is 2.49. The quantitative estimate of drug-likeness (QED) is 0.502. The minimum absolute atomic E-state index is 0.0147. The number of imidazole rings is 1. The Kier molecular flexibility index (Phi) is 5.54. The van der Waals surface area contributed by atoms with Crippen molar-refractivity contribution in [2.24, 2.45) is 0 Å². The zero-order valence-corrected chi connectivity index (χ0v) is 18.3. The first kappa shape index (κ1) is 22.4. The molecule has 4 heterocycles. The molecule has 0 spiro atoms. The number of aromatic nitrogens is 4. The molecular formula is C18H17F3N5O5PS. The van der Waals surface area contributed by atoms with Crippen molar-refractivity contribution in [1.82, 2.24) is 19.5 Å². The Morgan fingerprint density at radius 2 is 2.12 bits per heavy atom. The lowest BCUT2D eigenvalue weighted by atomic mass is 9.97. The molecule has 0 bridgehead atoms. The van der Waals surface area contributed by atoms with Gasteiger partial charge in [-0.3, -0.25) is 13.6 Å². The van der Waals surface area contributed by atoms with Gasteiger partial charge in [0.25, 0.3) is 6.43 Å². The molecule has 5 rings (SSSR count). The van der Waals surface area contributed by atoms with Crippen LogP contribution in [0.4, 0.5) is 19.0 Å². The fourth-order valence-corrected chi connectivity index (χ4v) is 5.48. The Morgan fingerprint density at radius 3 is 2.91 bits per heavy atom. The molecule has 3 N–H and O–H groups in total. The number of fused-ring (bicyclic) bond motifs is 2. The monoisotopic (exact) mass is 503 g/mol. The number of ether oxygens (including phenoxy) is 1. The first-order valence-corrected chi connectivity index (χ1v) is 12.2. The number of nitrogens with two attached hydrogens (primary N) is 1. The lowest BCUT2D eigenvalue weighted by Gasteiger charge is -2.34. The van der Waals surface area contributed by atoms with E-state index in [1.807, 2.05) is 0 Å². The van der Waals surface area contributed by atoms with Crippen molar-refractivity contribution >= 4 is 35.5 Å². The summed E-state index contributed by atoms with van der Waals surface area (Å²) in [7, 11) is 0. The fourth-order valence-electron chi connectivity index (χ4n) is 3.67. The molecule has 1 unspecified atom stereocenters. The van der Waals surface area contributed by atoms with Crippen molar-refractivity contribution in [2.75, 3.05) is 12.3 Å². The molecule has 176 valence electrons. The molecule has 0 aliphatic carbocycles. The second-order valence-electron chi connectivity index (χ2n) is 7.43. The first-order valence-electron chi connectivity index (χ1n) is 9.62. The molecule has 1 fully saturated rings. The zero-order chi connectivity index (χ0) is 23.4. The number of aliphatic hydroxyl groups excluding tert-OH is 1. The van der Waals surface area contributed by atoms with Crippen LogP contribution in [-0.4, -0.2) is 55.5 Å². The SMILES string of the molecule is Nc1ncnc2c1ncn2[C@@H]1O[C@@](COP2(=S)OCc3ccccc3O2)(C(F)F)[C@@H](O)[C@H]1F. The number of alkyl halides is 3. The summed E-state index contributed by atoms with van der Waals surface area (Å²) in [5, 5.41) is 10.5. The minimum Gasteiger partial charge on any atom is -0.424 e. The van der Waals surface area contributed by atoms with Gasteiger partial charge in [-0.2, -0.15) is 0 Å². The fraction of sp³-hybridized carbons (Fsp3) is 0.389. The van der Waals surface area contributed by atoms with Crippen LogP contribution >= 0.6 is 6.72 Å². The Labute approximate surface area is 189 Å². The van der Waals surface area contributed by atoms with Gasteiger partial charge in [0.1, 0.15) is 23.7 Å². The van der Waals surface area contributed by atoms with E-state index in [-0.39, 0.29) is 23.6 Å². The molecule has 0 amide bonds. The molecule has 0 radical (unpaired) electrons. The van der Waals surface area contributed by atoms with E-state index >= 15 is 4.39 Å². The van der Waals surface area contributed by atoms with Gasteiger partial charge >= 0.3 is 6.72 Å². The van der Waals surface area contributed by atoms with E-state index in [0.717, 1.165) is 17.2 Å². The number of hydrogen-bond acceptors (Lipinski definition) is 10. The van der Waals surface area contributed by atoms with Crippen molar-refractivity contribution in [3.63, 3.8) is 0 Å². The van der Waals surface area contributed by atoms with E-state index in [1.165, 1.54) is 0 Å². The van der Waals surface area contributed by atoms with E-state index in [0.29, 0.717) is 11.3 Å². The molecule has 3 aromatic rings. The summed E-state index contributed by atoms with van der Waals surface area (Å²) in [5.41, 5.74) is 3.86. The Hall–Kier alpha value is -2.35. The number of nitrogens with zero attached hydrogens (tertiary/aromatic N) is 4. The number of rotatable bonds is 5. The Balaban J connectivity index is 1.42. The molecule has 33 heavy (non-hydrogen) atoms. The van der Waals surface area contributed by atoms with Gasteiger partial charge in [0.2, 0.25) is 0 Å². The summed E-state index contributed by atoms with van der Waals surface area (Å²) in [4.78, 5) is 11.7. The van der Waals surface area contributed by atoms with Crippen LogP contribution < -0.4 is 10.3 Å². The molecule has 5 atom stereocenters. The molecule has 1 saturated heterocycles. The van der Waals surface area contributed by atoms with Crippen LogP contribution in [-0.2, 0) is 32.2 Å². The smallest absolute Gasteiger partial charge is 0.381 e. The normalized spacial score (nSPS) is 31.6. The topological polar surface area (TPSA) is 127 Å². The van der Waals surface area contributed by atoms with Crippen LogP contribution in [0.5, 0.6) is 5.75 Å². The highest BCUT2D eigenvalue weighted by Gasteiger charge is 2.62. The third-order valence-electron chi connectivity index (χ3n) is 5.45. The number of aliphatic hydroxyl groups is 1. The van der Waals surface area contributed by atoms with Crippen LogP contribution in [0.2, 0.25) is 0 Å². The highest BCUT2D eigenvalue weighted by Crippen LogP contribution is 2.56. The maximum atomic E-state index is 15.1. The molecule has 2 aromatic heterocycles. The third kappa shape index (κ3) is 3.66. The Morgan fingerprint density at radius 1 is 1.33 bits per heavy atom. The standard InChI is InChI=1S/C18H17F3N5O5PS/c19-11-13(27)18(17(20)21,6-29-32(33)28-5-9-3-1-2-4-10(9)31-32)30-16(11)26-8-25-12-14(22)23-7-24-15(12)26/h1-4,7-8,11,13,16-17,27H,5-6H2,(H2,22,23,24)/t11-,13+,16-,18-,32?/m1/s1. The van der Waals surface area contributed by atoms with Gasteiger partial charge in [-0.1, -0.05) is 18.2 Å². The molecular weight excluding hydrogens is 486 g/mol. The number of hydrogen-bond donors (Lipinski definition) is 2. The van der Waals surface area contributed by atoms with Gasteiger partial charge < -0.3 is 20.1 Å². The third-order valence-corrected chi connectivity index (χ3v) is 7.62. The van der Waals surface area contributed by atoms with Crippen LogP contribution in [0.1, 0.15) is 11.8 Å². The van der Waals surface area contributed by atoms with E-state index in [9.17, 15) is 13.9 Å². The van der Waals surface area contributed by atoms with Crippen LogP contribution in [0.15, 0.2) is 36.9 Å².